The summed E-state index contributed by atoms with van der Waals surface area (Å²) in [5.41, 5.74) is 0.555. The zero-order valence-corrected chi connectivity index (χ0v) is 13.9. The van der Waals surface area contributed by atoms with Gasteiger partial charge in [-0.15, -0.1) is 5.10 Å². The average Bonchev–Trinajstić information content (AvgIpc) is 2.97. The van der Waals surface area contributed by atoms with E-state index in [1.165, 1.54) is 30.3 Å². The Bertz CT molecular complexity index is 983. The van der Waals surface area contributed by atoms with Crippen LogP contribution in [0.4, 0.5) is 23.4 Å². The van der Waals surface area contributed by atoms with E-state index in [1.54, 1.807) is 6.07 Å². The molecule has 27 heavy (non-hydrogen) atoms. The molecule has 0 fully saturated rings. The summed E-state index contributed by atoms with van der Waals surface area (Å²) in [6.07, 6.45) is -3.00. The van der Waals surface area contributed by atoms with Gasteiger partial charge in [0.05, 0.1) is 5.69 Å². The minimum atomic E-state index is -3.38. The molecule has 2 aromatic carbocycles. The highest BCUT2D eigenvalue weighted by Crippen LogP contribution is 2.31. The number of amides is 1. The van der Waals surface area contributed by atoms with E-state index in [9.17, 15) is 22.4 Å². The van der Waals surface area contributed by atoms with Gasteiger partial charge in [-0.1, -0.05) is 12.1 Å². The van der Waals surface area contributed by atoms with E-state index in [0.29, 0.717) is 25.0 Å². The lowest BCUT2D eigenvalue weighted by molar-refractivity contribution is -0.158. The number of benzene rings is 2. The van der Waals surface area contributed by atoms with E-state index in [1.807, 2.05) is 0 Å². The first-order valence-electron chi connectivity index (χ1n) is 7.70. The molecule has 9 heteroatoms. The summed E-state index contributed by atoms with van der Waals surface area (Å²) in [7, 11) is 0. The molecule has 1 aromatic heterocycles. The predicted octanol–water partition coefficient (Wildman–Crippen LogP) is 4.38. The van der Waals surface area contributed by atoms with Crippen LogP contribution < -0.4 is 10.1 Å². The van der Waals surface area contributed by atoms with Crippen molar-refractivity contribution in [2.24, 2.45) is 0 Å². The SMILES string of the molecule is CC(F)(F)Oc1cccc(-c2cc(NC=O)nn2-c2ccc(F)cc2F)c1. The fourth-order valence-corrected chi connectivity index (χ4v) is 2.48. The quantitative estimate of drug-likeness (QED) is 0.511. The smallest absolute Gasteiger partial charge is 0.394 e. The van der Waals surface area contributed by atoms with Crippen molar-refractivity contribution < 1.29 is 27.1 Å². The van der Waals surface area contributed by atoms with Crippen molar-refractivity contribution in [3.05, 3.63) is 60.2 Å². The lowest BCUT2D eigenvalue weighted by Crippen LogP contribution is -2.19. The van der Waals surface area contributed by atoms with Crippen LogP contribution in [0.3, 0.4) is 0 Å². The Kier molecular flexibility index (Phi) is 4.85. The van der Waals surface area contributed by atoms with Gasteiger partial charge in [0.15, 0.2) is 11.6 Å². The number of anilines is 1. The molecule has 0 aliphatic carbocycles. The number of hydrogen-bond donors (Lipinski definition) is 1. The summed E-state index contributed by atoms with van der Waals surface area (Å²) >= 11 is 0. The van der Waals surface area contributed by atoms with Gasteiger partial charge in [0.1, 0.15) is 17.3 Å². The van der Waals surface area contributed by atoms with Crippen molar-refractivity contribution >= 4 is 12.2 Å². The lowest BCUT2D eigenvalue weighted by atomic mass is 10.1. The summed E-state index contributed by atoms with van der Waals surface area (Å²) in [4.78, 5) is 10.7. The third-order valence-corrected chi connectivity index (χ3v) is 3.48. The van der Waals surface area contributed by atoms with Crippen LogP contribution in [0.2, 0.25) is 0 Å². The fraction of sp³-hybridized carbons (Fsp3) is 0.111. The molecule has 0 saturated carbocycles. The molecule has 140 valence electrons. The van der Waals surface area contributed by atoms with E-state index in [-0.39, 0.29) is 22.9 Å². The van der Waals surface area contributed by atoms with Gasteiger partial charge in [-0.2, -0.15) is 8.78 Å². The van der Waals surface area contributed by atoms with Crippen LogP contribution in [0, 0.1) is 11.6 Å². The number of hydrogen-bond acceptors (Lipinski definition) is 3. The number of halogens is 4. The van der Waals surface area contributed by atoms with Crippen molar-refractivity contribution in [3.8, 4) is 22.7 Å². The summed E-state index contributed by atoms with van der Waals surface area (Å²) in [5.74, 6) is -1.67. The Labute approximate surface area is 151 Å². The molecule has 0 saturated heterocycles. The van der Waals surface area contributed by atoms with E-state index in [4.69, 9.17) is 0 Å². The maximum atomic E-state index is 14.2. The monoisotopic (exact) mass is 379 g/mol. The van der Waals surface area contributed by atoms with Crippen molar-refractivity contribution in [2.75, 3.05) is 5.32 Å². The Morgan fingerprint density at radius 3 is 2.59 bits per heavy atom. The highest BCUT2D eigenvalue weighted by molar-refractivity contribution is 5.74. The molecule has 0 atom stereocenters. The molecule has 0 bridgehead atoms. The van der Waals surface area contributed by atoms with Crippen LogP contribution in [0.1, 0.15) is 6.92 Å². The number of aromatic nitrogens is 2. The van der Waals surface area contributed by atoms with Gasteiger partial charge in [0.2, 0.25) is 6.41 Å². The number of rotatable bonds is 6. The molecule has 3 rings (SSSR count). The van der Waals surface area contributed by atoms with Crippen LogP contribution in [0.5, 0.6) is 5.75 Å². The molecule has 0 aliphatic heterocycles. The van der Waals surface area contributed by atoms with Gasteiger partial charge in [-0.25, -0.2) is 13.5 Å². The van der Waals surface area contributed by atoms with Gasteiger partial charge < -0.3 is 10.1 Å². The summed E-state index contributed by atoms with van der Waals surface area (Å²) in [6, 6.07) is 10.0. The van der Waals surface area contributed by atoms with E-state index < -0.39 is 17.7 Å². The zero-order chi connectivity index (χ0) is 19.6. The molecule has 0 unspecified atom stereocenters. The Morgan fingerprint density at radius 2 is 1.93 bits per heavy atom. The van der Waals surface area contributed by atoms with E-state index in [0.717, 1.165) is 10.7 Å². The first-order chi connectivity index (χ1) is 12.8. The summed E-state index contributed by atoms with van der Waals surface area (Å²) < 4.78 is 59.3. The maximum absolute atomic E-state index is 14.2. The van der Waals surface area contributed by atoms with Crippen LogP contribution in [-0.2, 0) is 4.79 Å². The number of carbonyl (C=O) groups excluding carboxylic acids is 1. The third kappa shape index (κ3) is 4.25. The second-order valence-corrected chi connectivity index (χ2v) is 5.62. The van der Waals surface area contributed by atoms with Gasteiger partial charge >= 0.3 is 6.11 Å². The van der Waals surface area contributed by atoms with Crippen molar-refractivity contribution in [2.45, 2.75) is 13.0 Å². The van der Waals surface area contributed by atoms with Gasteiger partial charge in [-0.3, -0.25) is 4.79 Å². The Hall–Kier alpha value is -3.36. The van der Waals surface area contributed by atoms with Gasteiger partial charge in [-0.05, 0) is 24.3 Å². The number of nitrogens with zero attached hydrogens (tertiary/aromatic N) is 2. The van der Waals surface area contributed by atoms with Crippen LogP contribution in [-0.4, -0.2) is 22.3 Å². The van der Waals surface area contributed by atoms with Gasteiger partial charge in [0, 0.05) is 24.6 Å². The van der Waals surface area contributed by atoms with Crippen LogP contribution >= 0.6 is 0 Å². The van der Waals surface area contributed by atoms with Crippen LogP contribution in [0.15, 0.2) is 48.5 Å². The highest BCUT2D eigenvalue weighted by atomic mass is 19.3. The summed E-state index contributed by atoms with van der Waals surface area (Å²) in [6.45, 7) is 0.601. The maximum Gasteiger partial charge on any atom is 0.394 e. The van der Waals surface area contributed by atoms with Crippen molar-refractivity contribution in [1.29, 1.82) is 0 Å². The minimum absolute atomic E-state index is 0.0857. The minimum Gasteiger partial charge on any atom is -0.433 e. The first-order valence-corrected chi connectivity index (χ1v) is 7.70. The molecule has 0 radical (unpaired) electrons. The van der Waals surface area contributed by atoms with Crippen LogP contribution in [0.25, 0.3) is 16.9 Å². The summed E-state index contributed by atoms with van der Waals surface area (Å²) in [5, 5.41) is 6.40. The molecule has 1 amide bonds. The molecule has 1 N–H and O–H groups in total. The average molecular weight is 379 g/mol. The van der Waals surface area contributed by atoms with E-state index in [2.05, 4.69) is 15.2 Å². The largest absolute Gasteiger partial charge is 0.433 e. The topological polar surface area (TPSA) is 56.1 Å². The highest BCUT2D eigenvalue weighted by Gasteiger charge is 2.23. The molecule has 3 aromatic rings. The number of nitrogens with one attached hydrogen (secondary N) is 1. The lowest BCUT2D eigenvalue weighted by Gasteiger charge is -2.14. The van der Waals surface area contributed by atoms with E-state index >= 15 is 0 Å². The van der Waals surface area contributed by atoms with Crippen molar-refractivity contribution in [3.63, 3.8) is 0 Å². The second-order valence-electron chi connectivity index (χ2n) is 5.62. The number of carbonyl (C=O) groups is 1. The molecular formula is C18H13F4N3O2. The molecule has 0 spiro atoms. The molecular weight excluding hydrogens is 366 g/mol. The Morgan fingerprint density at radius 1 is 1.15 bits per heavy atom. The fourth-order valence-electron chi connectivity index (χ4n) is 2.48. The standard InChI is InChI=1S/C18H13F4N3O2/c1-18(21,22)27-13-4-2-3-11(7-13)16-9-17(23-10-26)24-25(16)15-6-5-12(19)8-14(15)20/h2-10H,1H3,(H,23,24,26). The first kappa shape index (κ1) is 18.4. The zero-order valence-electron chi connectivity index (χ0n) is 13.9. The van der Waals surface area contributed by atoms with Gasteiger partial charge in [0.25, 0.3) is 0 Å². The number of alkyl halides is 2. The second kappa shape index (κ2) is 7.10. The third-order valence-electron chi connectivity index (χ3n) is 3.48. The van der Waals surface area contributed by atoms with Crippen molar-refractivity contribution in [1.82, 2.24) is 9.78 Å². The number of ether oxygens (including phenoxy) is 1. The normalized spacial score (nSPS) is 11.3. The molecule has 1 heterocycles. The Balaban J connectivity index is 2.12. The molecule has 0 aliphatic rings. The molecule has 5 nitrogen and oxygen atoms in total. The predicted molar refractivity (Wildman–Crippen MR) is 89.9 cm³/mol.